The van der Waals surface area contributed by atoms with Crippen molar-refractivity contribution in [2.24, 2.45) is 4.99 Å². The first kappa shape index (κ1) is 23.3. The minimum Gasteiger partial charge on any atom is -0.352 e. The van der Waals surface area contributed by atoms with Gasteiger partial charge in [-0.25, -0.2) is 9.37 Å². The highest BCUT2D eigenvalue weighted by molar-refractivity contribution is 6.42. The summed E-state index contributed by atoms with van der Waals surface area (Å²) in [6.07, 6.45) is 1.76. The Hall–Kier alpha value is -3.48. The highest BCUT2D eigenvalue weighted by Crippen LogP contribution is 2.33. The van der Waals surface area contributed by atoms with Crippen LogP contribution < -0.4 is 10.7 Å². The normalized spacial score (nSPS) is 12.1. The van der Waals surface area contributed by atoms with Crippen LogP contribution in [0.1, 0.15) is 19.5 Å². The summed E-state index contributed by atoms with van der Waals surface area (Å²) < 4.78 is 16.3. The van der Waals surface area contributed by atoms with Crippen LogP contribution in [0.4, 0.5) is 15.8 Å². The smallest absolute Gasteiger partial charge is 0.125 e. The lowest BCUT2D eigenvalue weighted by Gasteiger charge is -2.21. The average molecular weight is 506 g/mol. The van der Waals surface area contributed by atoms with E-state index in [1.54, 1.807) is 24.4 Å². The summed E-state index contributed by atoms with van der Waals surface area (Å²) in [6, 6.07) is 17.7. The largest absolute Gasteiger partial charge is 0.352 e. The highest BCUT2D eigenvalue weighted by Gasteiger charge is 2.18. The van der Waals surface area contributed by atoms with Crippen molar-refractivity contribution in [3.05, 3.63) is 93.8 Å². The summed E-state index contributed by atoms with van der Waals surface area (Å²) in [6.45, 7) is 5.98. The van der Waals surface area contributed by atoms with Crippen molar-refractivity contribution in [2.45, 2.75) is 26.8 Å². The van der Waals surface area contributed by atoms with Crippen LogP contribution in [0.2, 0.25) is 10.0 Å². The van der Waals surface area contributed by atoms with E-state index < -0.39 is 0 Å². The molecule has 3 aromatic rings. The van der Waals surface area contributed by atoms with E-state index in [1.807, 2.05) is 55.7 Å². The molecule has 2 aromatic carbocycles. The van der Waals surface area contributed by atoms with E-state index in [1.165, 1.54) is 12.1 Å². The fourth-order valence-electron chi connectivity index (χ4n) is 4.01. The first-order valence-electron chi connectivity index (χ1n) is 11.1. The summed E-state index contributed by atoms with van der Waals surface area (Å²) >= 11 is 12.5. The molecule has 0 unspecified atom stereocenters. The first-order chi connectivity index (χ1) is 16.8. The van der Waals surface area contributed by atoms with Crippen LogP contribution in [0.15, 0.2) is 71.9 Å². The van der Waals surface area contributed by atoms with E-state index in [4.69, 9.17) is 33.2 Å². The van der Waals surface area contributed by atoms with Crippen LogP contribution in [-0.4, -0.2) is 20.6 Å². The summed E-state index contributed by atoms with van der Waals surface area (Å²) in [4.78, 5) is 14.1. The average Bonchev–Trinajstić information content (AvgIpc) is 2.81. The first-order valence-corrected chi connectivity index (χ1v) is 11.9. The molecule has 35 heavy (non-hydrogen) atoms. The molecule has 0 radical (unpaired) electrons. The maximum absolute atomic E-state index is 14.3. The molecule has 0 saturated heterocycles. The van der Waals surface area contributed by atoms with Crippen molar-refractivity contribution in [1.82, 2.24) is 14.5 Å². The molecule has 1 aliphatic carbocycles. The lowest BCUT2D eigenvalue weighted by molar-refractivity contribution is 0.629. The van der Waals surface area contributed by atoms with Crippen LogP contribution in [0.5, 0.6) is 0 Å². The van der Waals surface area contributed by atoms with Gasteiger partial charge in [0.15, 0.2) is 0 Å². The summed E-state index contributed by atoms with van der Waals surface area (Å²) in [5.41, 5.74) is 6.01. The number of fused-ring (bicyclic) bond motifs is 2. The van der Waals surface area contributed by atoms with Gasteiger partial charge in [-0.1, -0.05) is 23.2 Å². The molecule has 0 amide bonds. The molecule has 2 heterocycles. The van der Waals surface area contributed by atoms with Crippen LogP contribution in [0.3, 0.4) is 0 Å². The maximum Gasteiger partial charge on any atom is 0.125 e. The standard InChI is InChI=1S/C27H22Cl2FN5/c1-15(2)32-24-14-27-25(13-23(24)33-21-5-4-10-31-16(21)3)34-22-9-6-17(30)11-26(22)35(27)18-7-8-19(28)20(29)12-18/h4-15,33H,1-3H3/b32-24+. The zero-order valence-electron chi connectivity index (χ0n) is 19.4. The predicted octanol–water partition coefficient (Wildman–Crippen LogP) is 7.33. The minimum atomic E-state index is -0.357. The van der Waals surface area contributed by atoms with Gasteiger partial charge in [-0.2, -0.15) is 0 Å². The van der Waals surface area contributed by atoms with Crippen molar-refractivity contribution in [3.8, 4) is 17.1 Å². The van der Waals surface area contributed by atoms with Gasteiger partial charge in [-0.3, -0.25) is 9.98 Å². The number of nitrogens with one attached hydrogen (secondary N) is 1. The number of aryl methyl sites for hydroxylation is 1. The number of halogens is 3. The van der Waals surface area contributed by atoms with E-state index in [-0.39, 0.29) is 11.9 Å². The topological polar surface area (TPSA) is 55.1 Å². The van der Waals surface area contributed by atoms with Crippen LogP contribution >= 0.6 is 23.2 Å². The lowest BCUT2D eigenvalue weighted by Crippen LogP contribution is -2.17. The second kappa shape index (κ2) is 9.29. The molecule has 1 aromatic heterocycles. The fourth-order valence-corrected chi connectivity index (χ4v) is 4.31. The van der Waals surface area contributed by atoms with Gasteiger partial charge in [0.25, 0.3) is 0 Å². The van der Waals surface area contributed by atoms with E-state index >= 15 is 0 Å². The third-order valence-electron chi connectivity index (χ3n) is 5.59. The van der Waals surface area contributed by atoms with Crippen molar-refractivity contribution in [2.75, 3.05) is 5.32 Å². The number of anilines is 2. The maximum atomic E-state index is 14.3. The second-order valence-corrected chi connectivity index (χ2v) is 9.34. The number of aromatic nitrogens is 3. The van der Waals surface area contributed by atoms with Crippen LogP contribution in [0.25, 0.3) is 28.1 Å². The van der Waals surface area contributed by atoms with Crippen LogP contribution in [0, 0.1) is 12.7 Å². The van der Waals surface area contributed by atoms with Gasteiger partial charge in [-0.05, 0) is 75.4 Å². The number of benzene rings is 3. The molecule has 1 N–H and O–H groups in total. The Bertz CT molecular complexity index is 1610. The van der Waals surface area contributed by atoms with Gasteiger partial charge < -0.3 is 9.88 Å². The second-order valence-electron chi connectivity index (χ2n) is 8.52. The highest BCUT2D eigenvalue weighted by atomic mass is 35.5. The molecule has 5 nitrogen and oxygen atoms in total. The number of rotatable bonds is 4. The Morgan fingerprint density at radius 2 is 1.80 bits per heavy atom. The molecular weight excluding hydrogens is 484 g/mol. The predicted molar refractivity (Wildman–Crippen MR) is 141 cm³/mol. The molecule has 0 saturated carbocycles. The van der Waals surface area contributed by atoms with E-state index in [0.29, 0.717) is 26.8 Å². The van der Waals surface area contributed by atoms with E-state index in [9.17, 15) is 4.39 Å². The SMILES string of the molecule is Cc1ncccc1Nc1cc2nc3ccc(F)cc3n(-c3ccc(Cl)c(Cl)c3)c-2c/c1=N\C(C)C. The van der Waals surface area contributed by atoms with E-state index in [0.717, 1.165) is 33.8 Å². The number of hydrogen-bond acceptors (Lipinski definition) is 4. The molecule has 0 atom stereocenters. The fraction of sp³-hybridized carbons (Fsp3) is 0.148. The molecule has 5 rings (SSSR count). The van der Waals surface area contributed by atoms with Crippen molar-refractivity contribution in [1.29, 1.82) is 0 Å². The monoisotopic (exact) mass is 505 g/mol. The van der Waals surface area contributed by atoms with Crippen molar-refractivity contribution in [3.63, 3.8) is 0 Å². The summed E-state index contributed by atoms with van der Waals surface area (Å²) in [5.74, 6) is -0.357. The molecule has 8 heteroatoms. The number of nitrogens with zero attached hydrogens (tertiary/aromatic N) is 4. The zero-order chi connectivity index (χ0) is 24.7. The van der Waals surface area contributed by atoms with Gasteiger partial charge in [0.1, 0.15) is 5.82 Å². The van der Waals surface area contributed by atoms with Crippen LogP contribution in [-0.2, 0) is 0 Å². The van der Waals surface area contributed by atoms with Gasteiger partial charge in [0.05, 0.1) is 54.9 Å². The van der Waals surface area contributed by atoms with Gasteiger partial charge in [-0.15, -0.1) is 0 Å². The minimum absolute atomic E-state index is 0.0484. The Balaban J connectivity index is 1.86. The lowest BCUT2D eigenvalue weighted by atomic mass is 10.1. The Labute approximate surface area is 212 Å². The van der Waals surface area contributed by atoms with Gasteiger partial charge in [0, 0.05) is 24.0 Å². The van der Waals surface area contributed by atoms with Gasteiger partial charge >= 0.3 is 0 Å². The molecule has 0 spiro atoms. The zero-order valence-corrected chi connectivity index (χ0v) is 20.9. The Morgan fingerprint density at radius 3 is 2.54 bits per heavy atom. The Kier molecular flexibility index (Phi) is 6.17. The quantitative estimate of drug-likeness (QED) is 0.260. The molecule has 1 aliphatic heterocycles. The molecular formula is C27H22Cl2FN5. The molecule has 0 bridgehead atoms. The number of hydrogen-bond donors (Lipinski definition) is 1. The molecule has 176 valence electrons. The van der Waals surface area contributed by atoms with Gasteiger partial charge in [0.2, 0.25) is 0 Å². The summed E-state index contributed by atoms with van der Waals surface area (Å²) in [7, 11) is 0. The third-order valence-corrected chi connectivity index (χ3v) is 6.33. The number of pyridine rings is 1. The van der Waals surface area contributed by atoms with Crippen molar-refractivity contribution >= 4 is 45.6 Å². The molecule has 2 aliphatic rings. The summed E-state index contributed by atoms with van der Waals surface area (Å²) in [5, 5.41) is 5.07. The molecule has 0 fully saturated rings. The third kappa shape index (κ3) is 4.59. The Morgan fingerprint density at radius 1 is 0.971 bits per heavy atom. The van der Waals surface area contributed by atoms with E-state index in [2.05, 4.69) is 10.3 Å². The van der Waals surface area contributed by atoms with Crippen molar-refractivity contribution < 1.29 is 4.39 Å².